The van der Waals surface area contributed by atoms with Gasteiger partial charge in [-0.15, -0.1) is 0 Å². The van der Waals surface area contributed by atoms with Gasteiger partial charge in [-0.25, -0.2) is 4.39 Å². The minimum atomic E-state index is -0.236. The molecule has 2 atom stereocenters. The van der Waals surface area contributed by atoms with Crippen molar-refractivity contribution in [2.75, 3.05) is 12.9 Å². The fourth-order valence-electron chi connectivity index (χ4n) is 1.55. The van der Waals surface area contributed by atoms with Gasteiger partial charge in [-0.05, 0) is 18.2 Å². The van der Waals surface area contributed by atoms with Crippen LogP contribution in [0.4, 0.5) is 4.39 Å². The van der Waals surface area contributed by atoms with E-state index in [2.05, 4.69) is 0 Å². The van der Waals surface area contributed by atoms with Crippen molar-refractivity contribution < 1.29 is 9.13 Å². The van der Waals surface area contributed by atoms with Gasteiger partial charge in [0.05, 0.1) is 7.11 Å². The molecule has 1 heterocycles. The molecular weight excluding hydrogens is 201 g/mol. The van der Waals surface area contributed by atoms with Crippen molar-refractivity contribution in [1.29, 1.82) is 0 Å². The fourth-order valence-corrected chi connectivity index (χ4v) is 2.52. The summed E-state index contributed by atoms with van der Waals surface area (Å²) in [4.78, 5) is 0. The average Bonchev–Trinajstić information content (AvgIpc) is 2.16. The molecule has 1 aliphatic rings. The molecule has 0 aliphatic carbocycles. The summed E-state index contributed by atoms with van der Waals surface area (Å²) < 4.78 is 18.2. The zero-order valence-corrected chi connectivity index (χ0v) is 8.68. The molecule has 14 heavy (non-hydrogen) atoms. The lowest BCUT2D eigenvalue weighted by molar-refractivity contribution is 0.405. The van der Waals surface area contributed by atoms with Crippen molar-refractivity contribution >= 4 is 11.8 Å². The summed E-state index contributed by atoms with van der Waals surface area (Å²) in [5.41, 5.74) is 6.70. The second-order valence-corrected chi connectivity index (χ2v) is 4.48. The number of thioether (sulfide) groups is 1. The molecule has 2 rings (SSSR count). The molecule has 2 unspecified atom stereocenters. The van der Waals surface area contributed by atoms with Crippen LogP contribution in [0.25, 0.3) is 0 Å². The minimum Gasteiger partial charge on any atom is -0.496 e. The third-order valence-corrected chi connectivity index (χ3v) is 3.90. The Bertz CT molecular complexity index is 345. The first-order chi connectivity index (χ1) is 6.72. The van der Waals surface area contributed by atoms with Gasteiger partial charge in [0, 0.05) is 22.6 Å². The van der Waals surface area contributed by atoms with Crippen molar-refractivity contribution in [2.45, 2.75) is 11.3 Å². The largest absolute Gasteiger partial charge is 0.496 e. The van der Waals surface area contributed by atoms with Crippen molar-refractivity contribution in [3.8, 4) is 5.75 Å². The van der Waals surface area contributed by atoms with Crippen LogP contribution < -0.4 is 10.5 Å². The molecular formula is C10H12FNOS. The van der Waals surface area contributed by atoms with Crippen LogP contribution in [0.1, 0.15) is 10.8 Å². The van der Waals surface area contributed by atoms with Gasteiger partial charge in [-0.2, -0.15) is 11.8 Å². The van der Waals surface area contributed by atoms with E-state index in [1.54, 1.807) is 24.9 Å². The molecule has 0 bridgehead atoms. The summed E-state index contributed by atoms with van der Waals surface area (Å²) in [7, 11) is 1.59. The van der Waals surface area contributed by atoms with Crippen molar-refractivity contribution in [1.82, 2.24) is 0 Å². The lowest BCUT2D eigenvalue weighted by Gasteiger charge is -2.34. The second-order valence-electron chi connectivity index (χ2n) is 3.30. The highest BCUT2D eigenvalue weighted by Gasteiger charge is 2.32. The van der Waals surface area contributed by atoms with Crippen LogP contribution in [0.5, 0.6) is 5.75 Å². The van der Waals surface area contributed by atoms with E-state index in [0.717, 1.165) is 17.1 Å². The molecule has 1 saturated heterocycles. The normalized spacial score (nSPS) is 25.6. The maximum atomic E-state index is 13.0. The zero-order valence-electron chi connectivity index (χ0n) is 7.87. The van der Waals surface area contributed by atoms with E-state index < -0.39 is 0 Å². The molecule has 2 nitrogen and oxygen atoms in total. The number of hydrogen-bond donors (Lipinski definition) is 1. The Hall–Kier alpha value is -0.740. The molecule has 0 aromatic heterocycles. The minimum absolute atomic E-state index is 0.121. The molecule has 1 fully saturated rings. The number of nitrogens with two attached hydrogens (primary N) is 1. The highest BCUT2D eigenvalue weighted by Crippen LogP contribution is 2.45. The third-order valence-electron chi connectivity index (χ3n) is 2.36. The van der Waals surface area contributed by atoms with E-state index in [0.29, 0.717) is 0 Å². The van der Waals surface area contributed by atoms with Gasteiger partial charge in [0.1, 0.15) is 11.6 Å². The van der Waals surface area contributed by atoms with Gasteiger partial charge in [0.2, 0.25) is 0 Å². The van der Waals surface area contributed by atoms with E-state index in [1.807, 2.05) is 0 Å². The predicted molar refractivity (Wildman–Crippen MR) is 56.1 cm³/mol. The van der Waals surface area contributed by atoms with Gasteiger partial charge in [-0.3, -0.25) is 0 Å². The smallest absolute Gasteiger partial charge is 0.123 e. The summed E-state index contributed by atoms with van der Waals surface area (Å²) >= 11 is 1.73. The average molecular weight is 213 g/mol. The van der Waals surface area contributed by atoms with Gasteiger partial charge < -0.3 is 10.5 Å². The first kappa shape index (κ1) is 9.80. The quantitative estimate of drug-likeness (QED) is 0.815. The number of hydrogen-bond acceptors (Lipinski definition) is 3. The number of ether oxygens (including phenoxy) is 1. The molecule has 1 aliphatic heterocycles. The lowest BCUT2D eigenvalue weighted by Crippen LogP contribution is -2.37. The molecule has 1 aromatic carbocycles. The highest BCUT2D eigenvalue weighted by molar-refractivity contribution is 8.01. The first-order valence-electron chi connectivity index (χ1n) is 4.43. The van der Waals surface area contributed by atoms with Gasteiger partial charge in [-0.1, -0.05) is 0 Å². The Morgan fingerprint density at radius 2 is 2.36 bits per heavy atom. The highest BCUT2D eigenvalue weighted by atomic mass is 32.2. The van der Waals surface area contributed by atoms with E-state index >= 15 is 0 Å². The predicted octanol–water partition coefficient (Wildman–Crippen LogP) is 1.95. The Morgan fingerprint density at radius 3 is 2.86 bits per heavy atom. The summed E-state index contributed by atoms with van der Waals surface area (Å²) in [5.74, 6) is 1.42. The summed E-state index contributed by atoms with van der Waals surface area (Å²) in [5, 5.41) is 0.181. The Labute approximate surface area is 86.6 Å². The molecule has 0 amide bonds. The van der Waals surface area contributed by atoms with Crippen molar-refractivity contribution in [3.63, 3.8) is 0 Å². The number of methoxy groups -OCH3 is 1. The van der Waals surface area contributed by atoms with Crippen LogP contribution in [0, 0.1) is 5.82 Å². The summed E-state index contributed by atoms with van der Waals surface area (Å²) in [6.07, 6.45) is 0. The van der Waals surface area contributed by atoms with Crippen molar-refractivity contribution in [2.24, 2.45) is 5.73 Å². The van der Waals surface area contributed by atoms with E-state index in [9.17, 15) is 4.39 Å². The maximum Gasteiger partial charge on any atom is 0.123 e. The Balaban J connectivity index is 2.34. The Morgan fingerprint density at radius 1 is 1.57 bits per heavy atom. The standard InChI is InChI=1S/C10H12FNOS/c1-13-9-3-2-6(11)4-7(9)10-8(12)5-14-10/h2-4,8,10H,5,12H2,1H3. The molecule has 76 valence electrons. The van der Waals surface area contributed by atoms with E-state index in [-0.39, 0.29) is 17.1 Å². The molecule has 4 heteroatoms. The van der Waals surface area contributed by atoms with Crippen LogP contribution in [-0.4, -0.2) is 18.9 Å². The molecule has 2 N–H and O–H groups in total. The topological polar surface area (TPSA) is 35.2 Å². The number of rotatable bonds is 2. The van der Waals surface area contributed by atoms with Crippen LogP contribution in [0.2, 0.25) is 0 Å². The van der Waals surface area contributed by atoms with Crippen LogP contribution in [-0.2, 0) is 0 Å². The van der Waals surface area contributed by atoms with Crippen molar-refractivity contribution in [3.05, 3.63) is 29.6 Å². The maximum absolute atomic E-state index is 13.0. The summed E-state index contributed by atoms with van der Waals surface area (Å²) in [6, 6.07) is 4.68. The van der Waals surface area contributed by atoms with Gasteiger partial charge >= 0.3 is 0 Å². The molecule has 1 aromatic rings. The fraction of sp³-hybridized carbons (Fsp3) is 0.400. The SMILES string of the molecule is COc1ccc(F)cc1C1SCC1N. The first-order valence-corrected chi connectivity index (χ1v) is 5.48. The van der Waals surface area contributed by atoms with E-state index in [1.165, 1.54) is 12.1 Å². The zero-order chi connectivity index (χ0) is 10.1. The molecule has 0 radical (unpaired) electrons. The molecule has 0 spiro atoms. The van der Waals surface area contributed by atoms with E-state index in [4.69, 9.17) is 10.5 Å². The van der Waals surface area contributed by atoms with Gasteiger partial charge in [0.15, 0.2) is 0 Å². The Kier molecular flexibility index (Phi) is 2.65. The molecule has 0 saturated carbocycles. The summed E-state index contributed by atoms with van der Waals surface area (Å²) in [6.45, 7) is 0. The monoisotopic (exact) mass is 213 g/mol. The van der Waals surface area contributed by atoms with Crippen LogP contribution in [0.15, 0.2) is 18.2 Å². The van der Waals surface area contributed by atoms with Crippen LogP contribution in [0.3, 0.4) is 0 Å². The van der Waals surface area contributed by atoms with Crippen LogP contribution >= 0.6 is 11.8 Å². The third kappa shape index (κ3) is 1.60. The second kappa shape index (κ2) is 3.79. The lowest BCUT2D eigenvalue weighted by atomic mass is 10.0. The number of benzene rings is 1. The number of halogens is 1. The van der Waals surface area contributed by atoms with Gasteiger partial charge in [0.25, 0.3) is 0 Å².